The van der Waals surface area contributed by atoms with Crippen molar-refractivity contribution < 1.29 is 0 Å². The monoisotopic (exact) mass is 262 g/mol. The van der Waals surface area contributed by atoms with Gasteiger partial charge in [0.05, 0.1) is 10.2 Å². The highest BCUT2D eigenvalue weighted by molar-refractivity contribution is 9.10. The summed E-state index contributed by atoms with van der Waals surface area (Å²) in [5.41, 5.74) is 9.70. The number of pyridine rings is 1. The van der Waals surface area contributed by atoms with Crippen LogP contribution in [0.3, 0.4) is 0 Å². The number of hydrogen-bond donors (Lipinski definition) is 1. The second kappa shape index (κ2) is 4.03. The average Bonchev–Trinajstić information content (AvgIpc) is 2.22. The van der Waals surface area contributed by atoms with Gasteiger partial charge in [0.25, 0.3) is 0 Å². The molecular weight excluding hydrogens is 252 g/mol. The van der Waals surface area contributed by atoms with Crippen molar-refractivity contribution in [2.45, 2.75) is 6.92 Å². The number of rotatable bonds is 1. The zero-order valence-corrected chi connectivity index (χ0v) is 9.95. The molecule has 15 heavy (non-hydrogen) atoms. The molecule has 0 saturated heterocycles. The molecule has 2 N–H and O–H groups in total. The van der Waals surface area contributed by atoms with Crippen molar-refractivity contribution in [1.29, 1.82) is 0 Å². The fraction of sp³-hybridized carbons (Fsp3) is 0.0833. The largest absolute Gasteiger partial charge is 0.398 e. The lowest BCUT2D eigenvalue weighted by Gasteiger charge is -2.06. The van der Waals surface area contributed by atoms with Crippen LogP contribution in [0.4, 0.5) is 5.69 Å². The van der Waals surface area contributed by atoms with Crippen LogP contribution >= 0.6 is 15.9 Å². The Morgan fingerprint density at radius 3 is 2.80 bits per heavy atom. The van der Waals surface area contributed by atoms with Gasteiger partial charge in [0, 0.05) is 17.4 Å². The van der Waals surface area contributed by atoms with E-state index in [1.807, 2.05) is 12.1 Å². The summed E-state index contributed by atoms with van der Waals surface area (Å²) >= 11 is 3.45. The Kier molecular flexibility index (Phi) is 2.73. The smallest absolute Gasteiger partial charge is 0.0864 e. The maximum Gasteiger partial charge on any atom is 0.0864 e. The molecule has 0 saturated carbocycles. The number of nitrogen functional groups attached to an aromatic ring is 1. The lowest BCUT2D eigenvalue weighted by molar-refractivity contribution is 1.30. The van der Waals surface area contributed by atoms with Gasteiger partial charge in [-0.3, -0.25) is 4.98 Å². The van der Waals surface area contributed by atoms with Crippen LogP contribution in [-0.4, -0.2) is 4.98 Å². The molecule has 0 radical (unpaired) electrons. The highest BCUT2D eigenvalue weighted by Gasteiger charge is 2.06. The van der Waals surface area contributed by atoms with Gasteiger partial charge in [-0.25, -0.2) is 0 Å². The lowest BCUT2D eigenvalue weighted by Crippen LogP contribution is -1.92. The van der Waals surface area contributed by atoms with E-state index in [2.05, 4.69) is 40.0 Å². The molecule has 1 aromatic carbocycles. The normalized spacial score (nSPS) is 10.3. The molecule has 2 nitrogen and oxygen atoms in total. The first-order valence-corrected chi connectivity index (χ1v) is 5.45. The van der Waals surface area contributed by atoms with Gasteiger partial charge in [0.2, 0.25) is 0 Å². The number of hydrogen-bond acceptors (Lipinski definition) is 2. The Balaban J connectivity index is 2.59. The molecule has 2 aromatic rings. The summed E-state index contributed by atoms with van der Waals surface area (Å²) in [6.45, 7) is 2.06. The first kappa shape index (κ1) is 10.2. The van der Waals surface area contributed by atoms with Gasteiger partial charge in [-0.2, -0.15) is 0 Å². The van der Waals surface area contributed by atoms with Gasteiger partial charge in [-0.05, 0) is 35.0 Å². The van der Waals surface area contributed by atoms with Crippen molar-refractivity contribution in [3.05, 3.63) is 46.6 Å². The van der Waals surface area contributed by atoms with Crippen LogP contribution < -0.4 is 5.73 Å². The minimum Gasteiger partial charge on any atom is -0.398 e. The Labute approximate surface area is 97.3 Å². The van der Waals surface area contributed by atoms with Crippen LogP contribution in [0.1, 0.15) is 5.56 Å². The van der Waals surface area contributed by atoms with Gasteiger partial charge >= 0.3 is 0 Å². The molecule has 0 fully saturated rings. The molecular formula is C12H11BrN2. The summed E-state index contributed by atoms with van der Waals surface area (Å²) in [6.07, 6.45) is 1.72. The van der Waals surface area contributed by atoms with Gasteiger partial charge in [0.1, 0.15) is 0 Å². The molecule has 1 heterocycles. The number of anilines is 1. The molecule has 3 heteroatoms. The molecule has 0 amide bonds. The number of aromatic nitrogens is 1. The van der Waals surface area contributed by atoms with Crippen molar-refractivity contribution in [1.82, 2.24) is 4.98 Å². The molecule has 0 aliphatic carbocycles. The number of halogens is 1. The quantitative estimate of drug-likeness (QED) is 0.856. The van der Waals surface area contributed by atoms with Crippen LogP contribution in [-0.2, 0) is 0 Å². The second-order valence-corrected chi connectivity index (χ2v) is 4.23. The van der Waals surface area contributed by atoms with Crippen molar-refractivity contribution in [3.8, 4) is 11.3 Å². The molecule has 0 atom stereocenters. The van der Waals surface area contributed by atoms with Crippen LogP contribution in [0, 0.1) is 6.92 Å². The van der Waals surface area contributed by atoms with E-state index in [-0.39, 0.29) is 0 Å². The van der Waals surface area contributed by atoms with Gasteiger partial charge in [-0.1, -0.05) is 23.8 Å². The topological polar surface area (TPSA) is 38.9 Å². The maximum absolute atomic E-state index is 5.81. The van der Waals surface area contributed by atoms with Crippen molar-refractivity contribution in [2.75, 3.05) is 5.73 Å². The van der Waals surface area contributed by atoms with Crippen LogP contribution in [0.2, 0.25) is 0 Å². The average molecular weight is 263 g/mol. The zero-order chi connectivity index (χ0) is 10.8. The summed E-state index contributed by atoms with van der Waals surface area (Å²) in [5.74, 6) is 0. The van der Waals surface area contributed by atoms with Crippen LogP contribution in [0.5, 0.6) is 0 Å². The summed E-state index contributed by atoms with van der Waals surface area (Å²) in [5, 5.41) is 0. The Morgan fingerprint density at radius 1 is 1.27 bits per heavy atom. The molecule has 0 spiro atoms. The fourth-order valence-electron chi connectivity index (χ4n) is 1.45. The fourth-order valence-corrected chi connectivity index (χ4v) is 1.92. The van der Waals surface area contributed by atoms with Gasteiger partial charge < -0.3 is 5.73 Å². The standard InChI is InChI=1S/C12H11BrN2/c1-8-3-2-4-9(7-8)12-11(13)10(14)5-6-15-12/h2-7H,1H3,(H2,14,15). The molecule has 0 bridgehead atoms. The van der Waals surface area contributed by atoms with E-state index in [4.69, 9.17) is 5.73 Å². The highest BCUT2D eigenvalue weighted by atomic mass is 79.9. The molecule has 0 unspecified atom stereocenters. The number of nitrogens with two attached hydrogens (primary N) is 1. The number of nitrogens with zero attached hydrogens (tertiary/aromatic N) is 1. The third-order valence-electron chi connectivity index (χ3n) is 2.21. The molecule has 76 valence electrons. The second-order valence-electron chi connectivity index (χ2n) is 3.43. The SMILES string of the molecule is Cc1cccc(-c2nccc(N)c2Br)c1. The molecule has 0 aliphatic rings. The molecule has 1 aromatic heterocycles. The van der Waals surface area contributed by atoms with E-state index in [0.717, 1.165) is 15.7 Å². The van der Waals surface area contributed by atoms with E-state index in [1.54, 1.807) is 12.3 Å². The van der Waals surface area contributed by atoms with Gasteiger partial charge in [0.15, 0.2) is 0 Å². The summed E-state index contributed by atoms with van der Waals surface area (Å²) in [4.78, 5) is 4.32. The van der Waals surface area contributed by atoms with E-state index >= 15 is 0 Å². The minimum absolute atomic E-state index is 0.710. The number of aryl methyl sites for hydroxylation is 1. The highest BCUT2D eigenvalue weighted by Crippen LogP contribution is 2.30. The molecule has 0 aliphatic heterocycles. The summed E-state index contributed by atoms with van der Waals surface area (Å²) in [7, 11) is 0. The first-order chi connectivity index (χ1) is 7.18. The van der Waals surface area contributed by atoms with Crippen LogP contribution in [0.25, 0.3) is 11.3 Å². The van der Waals surface area contributed by atoms with E-state index in [1.165, 1.54) is 5.56 Å². The lowest BCUT2D eigenvalue weighted by atomic mass is 10.1. The summed E-state index contributed by atoms with van der Waals surface area (Å²) in [6, 6.07) is 9.97. The Bertz CT molecular complexity index is 495. The summed E-state index contributed by atoms with van der Waals surface area (Å²) < 4.78 is 0.857. The van der Waals surface area contributed by atoms with Crippen LogP contribution in [0.15, 0.2) is 41.0 Å². The Hall–Kier alpha value is -1.35. The third kappa shape index (κ3) is 2.02. The van der Waals surface area contributed by atoms with E-state index in [0.29, 0.717) is 5.69 Å². The maximum atomic E-state index is 5.81. The van der Waals surface area contributed by atoms with Crippen molar-refractivity contribution >= 4 is 21.6 Å². The number of benzene rings is 1. The van der Waals surface area contributed by atoms with Crippen molar-refractivity contribution in [3.63, 3.8) is 0 Å². The van der Waals surface area contributed by atoms with E-state index in [9.17, 15) is 0 Å². The Morgan fingerprint density at radius 2 is 2.07 bits per heavy atom. The third-order valence-corrected chi connectivity index (χ3v) is 3.04. The molecule has 2 rings (SSSR count). The van der Waals surface area contributed by atoms with E-state index < -0.39 is 0 Å². The minimum atomic E-state index is 0.710. The van der Waals surface area contributed by atoms with Gasteiger partial charge in [-0.15, -0.1) is 0 Å². The van der Waals surface area contributed by atoms with Crippen molar-refractivity contribution in [2.24, 2.45) is 0 Å². The predicted octanol–water partition coefficient (Wildman–Crippen LogP) is 3.40. The first-order valence-electron chi connectivity index (χ1n) is 4.65. The zero-order valence-electron chi connectivity index (χ0n) is 8.37. The predicted molar refractivity (Wildman–Crippen MR) is 66.5 cm³/mol.